The van der Waals surface area contributed by atoms with Crippen molar-refractivity contribution in [1.82, 2.24) is 0 Å². The van der Waals surface area contributed by atoms with Crippen LogP contribution in [-0.4, -0.2) is 0 Å². The Kier molecular flexibility index (Phi) is 4.25. The third-order valence-corrected chi connectivity index (χ3v) is 3.63. The van der Waals surface area contributed by atoms with Gasteiger partial charge in [-0.2, -0.15) is 0 Å². The van der Waals surface area contributed by atoms with Gasteiger partial charge in [-0.15, -0.1) is 11.6 Å². The zero-order valence-electron chi connectivity index (χ0n) is 10.2. The second-order valence-electron chi connectivity index (χ2n) is 4.27. The summed E-state index contributed by atoms with van der Waals surface area (Å²) in [6.07, 6.45) is 0. The molecule has 20 heavy (non-hydrogen) atoms. The number of alkyl halides is 1. The second-order valence-corrected chi connectivity index (χ2v) is 5.11. The van der Waals surface area contributed by atoms with Gasteiger partial charge in [0.25, 0.3) is 0 Å². The van der Waals surface area contributed by atoms with Gasteiger partial charge in [-0.05, 0) is 30.2 Å². The molecule has 0 radical (unpaired) electrons. The maximum atomic E-state index is 13.7. The Bertz CT molecular complexity index is 647. The van der Waals surface area contributed by atoms with Gasteiger partial charge < -0.3 is 0 Å². The Morgan fingerprint density at radius 2 is 1.45 bits per heavy atom. The van der Waals surface area contributed by atoms with Crippen molar-refractivity contribution in [2.45, 2.75) is 12.3 Å². The van der Waals surface area contributed by atoms with E-state index in [9.17, 15) is 17.6 Å². The van der Waals surface area contributed by atoms with Crippen molar-refractivity contribution in [3.05, 3.63) is 69.2 Å². The first kappa shape index (κ1) is 15.1. The van der Waals surface area contributed by atoms with E-state index in [2.05, 4.69) is 0 Å². The first-order valence-corrected chi connectivity index (χ1v) is 6.36. The number of benzene rings is 2. The average molecular weight is 323 g/mol. The van der Waals surface area contributed by atoms with Crippen molar-refractivity contribution in [3.63, 3.8) is 0 Å². The Morgan fingerprint density at radius 3 is 2.00 bits per heavy atom. The van der Waals surface area contributed by atoms with Crippen LogP contribution < -0.4 is 0 Å². The molecule has 0 bridgehead atoms. The molecule has 6 heteroatoms. The fraction of sp³-hybridized carbons (Fsp3) is 0.143. The van der Waals surface area contributed by atoms with Crippen LogP contribution >= 0.6 is 23.2 Å². The molecule has 0 aliphatic carbocycles. The highest BCUT2D eigenvalue weighted by Gasteiger charge is 2.23. The normalized spacial score (nSPS) is 12.6. The molecule has 0 aromatic heterocycles. The minimum atomic E-state index is -1.29. The highest BCUT2D eigenvalue weighted by atomic mass is 35.5. The molecule has 2 aromatic carbocycles. The summed E-state index contributed by atoms with van der Waals surface area (Å²) in [6, 6.07) is 3.37. The number of hydrogen-bond donors (Lipinski definition) is 0. The fourth-order valence-corrected chi connectivity index (χ4v) is 2.53. The molecule has 0 spiro atoms. The van der Waals surface area contributed by atoms with E-state index < -0.39 is 34.2 Å². The largest absolute Gasteiger partial charge is 0.207 e. The summed E-state index contributed by atoms with van der Waals surface area (Å²) in [7, 11) is 0. The van der Waals surface area contributed by atoms with Gasteiger partial charge in [-0.1, -0.05) is 11.6 Å². The molecule has 0 aliphatic rings. The van der Waals surface area contributed by atoms with Crippen LogP contribution in [0.25, 0.3) is 0 Å². The van der Waals surface area contributed by atoms with E-state index in [0.717, 1.165) is 6.07 Å². The molecule has 106 valence electrons. The third kappa shape index (κ3) is 2.76. The van der Waals surface area contributed by atoms with E-state index in [1.54, 1.807) is 0 Å². The van der Waals surface area contributed by atoms with Crippen LogP contribution in [0.15, 0.2) is 24.3 Å². The zero-order chi connectivity index (χ0) is 15.0. The zero-order valence-corrected chi connectivity index (χ0v) is 11.7. The van der Waals surface area contributed by atoms with Crippen molar-refractivity contribution >= 4 is 23.2 Å². The molecular formula is C14H8Cl2F4. The molecule has 1 atom stereocenters. The van der Waals surface area contributed by atoms with E-state index in [1.165, 1.54) is 13.0 Å². The summed E-state index contributed by atoms with van der Waals surface area (Å²) >= 11 is 11.9. The molecule has 0 aliphatic heterocycles. The minimum absolute atomic E-state index is 0.0591. The number of halogens is 6. The molecule has 0 fully saturated rings. The summed E-state index contributed by atoms with van der Waals surface area (Å²) in [5.74, 6) is -3.85. The molecule has 0 heterocycles. The summed E-state index contributed by atoms with van der Waals surface area (Å²) in [4.78, 5) is 0. The van der Waals surface area contributed by atoms with E-state index in [1.807, 2.05) is 0 Å². The lowest BCUT2D eigenvalue weighted by Gasteiger charge is -2.15. The fourth-order valence-electron chi connectivity index (χ4n) is 1.82. The minimum Gasteiger partial charge on any atom is -0.207 e. The maximum absolute atomic E-state index is 13.7. The molecule has 0 saturated carbocycles. The van der Waals surface area contributed by atoms with Gasteiger partial charge in [0, 0.05) is 22.7 Å². The van der Waals surface area contributed by atoms with Crippen LogP contribution in [0, 0.1) is 30.2 Å². The topological polar surface area (TPSA) is 0 Å². The van der Waals surface area contributed by atoms with Crippen LogP contribution in [0.3, 0.4) is 0 Å². The summed E-state index contributed by atoms with van der Waals surface area (Å²) in [5.41, 5.74) is -0.143. The number of aryl methyl sites for hydroxylation is 1. The van der Waals surface area contributed by atoms with Crippen molar-refractivity contribution in [1.29, 1.82) is 0 Å². The van der Waals surface area contributed by atoms with Crippen molar-refractivity contribution in [3.8, 4) is 0 Å². The molecule has 1 unspecified atom stereocenters. The standard InChI is InChI=1S/C14H8Cl2F4/c1-6-2-8(9(15)5-10(6)18)14(16)13-11(19)3-7(17)4-12(13)20/h2-5,14H,1H3. The number of hydrogen-bond acceptors (Lipinski definition) is 0. The van der Waals surface area contributed by atoms with Gasteiger partial charge in [0.05, 0.1) is 5.38 Å². The highest BCUT2D eigenvalue weighted by Crippen LogP contribution is 2.37. The monoisotopic (exact) mass is 322 g/mol. The van der Waals surface area contributed by atoms with Crippen molar-refractivity contribution < 1.29 is 17.6 Å². The van der Waals surface area contributed by atoms with E-state index >= 15 is 0 Å². The lowest BCUT2D eigenvalue weighted by Crippen LogP contribution is -2.04. The van der Waals surface area contributed by atoms with Gasteiger partial charge in [-0.25, -0.2) is 17.6 Å². The molecule has 0 saturated heterocycles. The molecular weight excluding hydrogens is 315 g/mol. The molecule has 2 aromatic rings. The average Bonchev–Trinajstić information content (AvgIpc) is 2.32. The number of rotatable bonds is 2. The predicted molar refractivity (Wildman–Crippen MR) is 70.2 cm³/mol. The lowest BCUT2D eigenvalue weighted by molar-refractivity contribution is 0.526. The van der Waals surface area contributed by atoms with Gasteiger partial charge in [0.2, 0.25) is 0 Å². The Morgan fingerprint density at radius 1 is 0.900 bits per heavy atom. The highest BCUT2D eigenvalue weighted by molar-refractivity contribution is 6.33. The maximum Gasteiger partial charge on any atom is 0.134 e. The van der Waals surface area contributed by atoms with E-state index in [4.69, 9.17) is 23.2 Å². The van der Waals surface area contributed by atoms with E-state index in [-0.39, 0.29) is 16.1 Å². The second kappa shape index (κ2) is 5.62. The Labute approximate surface area is 122 Å². The molecule has 2 rings (SSSR count). The van der Waals surface area contributed by atoms with Crippen LogP contribution in [-0.2, 0) is 0 Å². The van der Waals surface area contributed by atoms with Crippen LogP contribution in [0.2, 0.25) is 5.02 Å². The molecule has 0 amide bonds. The summed E-state index contributed by atoms with van der Waals surface area (Å²) < 4.78 is 53.5. The Balaban J connectivity index is 2.57. The Hall–Kier alpha value is -1.26. The first-order valence-electron chi connectivity index (χ1n) is 5.55. The van der Waals surface area contributed by atoms with Crippen LogP contribution in [0.5, 0.6) is 0 Å². The van der Waals surface area contributed by atoms with Crippen LogP contribution in [0.1, 0.15) is 22.1 Å². The summed E-state index contributed by atoms with van der Waals surface area (Å²) in [6.45, 7) is 1.47. The lowest BCUT2D eigenvalue weighted by atomic mass is 10.0. The van der Waals surface area contributed by atoms with Gasteiger partial charge >= 0.3 is 0 Å². The van der Waals surface area contributed by atoms with Crippen molar-refractivity contribution in [2.24, 2.45) is 0 Å². The first-order chi connectivity index (χ1) is 9.31. The van der Waals surface area contributed by atoms with Gasteiger partial charge in [0.15, 0.2) is 0 Å². The van der Waals surface area contributed by atoms with Gasteiger partial charge in [-0.3, -0.25) is 0 Å². The van der Waals surface area contributed by atoms with E-state index in [0.29, 0.717) is 12.1 Å². The van der Waals surface area contributed by atoms with Crippen LogP contribution in [0.4, 0.5) is 17.6 Å². The van der Waals surface area contributed by atoms with Gasteiger partial charge in [0.1, 0.15) is 23.3 Å². The predicted octanol–water partition coefficient (Wildman–Crippen LogP) is 5.53. The molecule has 0 nitrogen and oxygen atoms in total. The van der Waals surface area contributed by atoms with Crippen molar-refractivity contribution in [2.75, 3.05) is 0 Å². The molecule has 0 N–H and O–H groups in total. The summed E-state index contributed by atoms with van der Waals surface area (Å²) in [5, 5.41) is -1.35. The third-order valence-electron chi connectivity index (χ3n) is 2.85. The SMILES string of the molecule is Cc1cc(C(Cl)c2c(F)cc(F)cc2F)c(Cl)cc1F. The smallest absolute Gasteiger partial charge is 0.134 e. The quantitative estimate of drug-likeness (QED) is 0.503.